The molecule has 0 unspecified atom stereocenters. The fourth-order valence-electron chi connectivity index (χ4n) is 6.40. The summed E-state index contributed by atoms with van der Waals surface area (Å²) in [7, 11) is -4.61. The highest BCUT2D eigenvalue weighted by Gasteiger charge is 2.35. The first-order valence-corrected chi connectivity index (χ1v) is 20.3. The summed E-state index contributed by atoms with van der Waals surface area (Å²) in [6.07, 6.45) is -1.27. The lowest BCUT2D eigenvalue weighted by Crippen LogP contribution is -2.46. The van der Waals surface area contributed by atoms with Crippen molar-refractivity contribution in [3.8, 4) is 16.9 Å². The van der Waals surface area contributed by atoms with Gasteiger partial charge in [-0.15, -0.1) is 11.8 Å². The molecule has 0 radical (unpaired) electrons. The van der Waals surface area contributed by atoms with Crippen LogP contribution in [0.4, 0.5) is 24.5 Å². The number of hydrogen-bond acceptors (Lipinski definition) is 9. The van der Waals surface area contributed by atoms with Crippen LogP contribution in [0.1, 0.15) is 34.0 Å². The van der Waals surface area contributed by atoms with Crippen LogP contribution < -0.4 is 19.7 Å². The van der Waals surface area contributed by atoms with Gasteiger partial charge in [0.1, 0.15) is 5.75 Å². The molecule has 4 aromatic carbocycles. The number of sulfonamides is 1. The van der Waals surface area contributed by atoms with E-state index < -0.39 is 32.6 Å². The summed E-state index contributed by atoms with van der Waals surface area (Å²) >= 11 is 1.48. The average Bonchev–Trinajstić information content (AvgIpc) is 3.17. The van der Waals surface area contributed by atoms with Crippen LogP contribution in [0.5, 0.6) is 5.75 Å². The maximum Gasteiger partial charge on any atom is 0.418 e. The Morgan fingerprint density at radius 2 is 1.65 bits per heavy atom. The fraction of sp³-hybridized carbons (Fsp3) is 0.268. The molecule has 14 heteroatoms. The van der Waals surface area contributed by atoms with E-state index in [0.717, 1.165) is 77.9 Å². The summed E-state index contributed by atoms with van der Waals surface area (Å²) in [4.78, 5) is 22.2. The van der Waals surface area contributed by atoms with Crippen molar-refractivity contribution >= 4 is 39.1 Å². The third-order valence-electron chi connectivity index (χ3n) is 9.16. The van der Waals surface area contributed by atoms with Crippen LogP contribution in [-0.2, 0) is 22.7 Å². The number of piperazine rings is 1. The summed E-state index contributed by atoms with van der Waals surface area (Å²) in [6.45, 7) is 8.79. The minimum atomic E-state index is -4.83. The Labute approximate surface area is 324 Å². The lowest BCUT2D eigenvalue weighted by molar-refractivity contribution is -0.137. The third-order valence-corrected chi connectivity index (χ3v) is 11.5. The van der Waals surface area contributed by atoms with Crippen molar-refractivity contribution in [2.75, 3.05) is 55.3 Å². The number of carbonyl (C=O) groups excluding carboxylic acids is 1. The van der Waals surface area contributed by atoms with Gasteiger partial charge in [0, 0.05) is 78.6 Å². The highest BCUT2D eigenvalue weighted by atomic mass is 32.2. The molecule has 1 fully saturated rings. The lowest BCUT2D eigenvalue weighted by atomic mass is 9.99. The molecule has 1 amide bonds. The monoisotopic (exact) mass is 789 g/mol. The van der Waals surface area contributed by atoms with E-state index >= 15 is 0 Å². The smallest absolute Gasteiger partial charge is 0.418 e. The van der Waals surface area contributed by atoms with Gasteiger partial charge in [-0.25, -0.2) is 13.1 Å². The van der Waals surface area contributed by atoms with Crippen molar-refractivity contribution in [3.63, 3.8) is 0 Å². The third kappa shape index (κ3) is 10.4. The molecular weight excluding hydrogens is 748 g/mol. The molecule has 288 valence electrons. The molecule has 9 nitrogen and oxygen atoms in total. The zero-order valence-corrected chi connectivity index (χ0v) is 32.1. The van der Waals surface area contributed by atoms with E-state index in [-0.39, 0.29) is 17.8 Å². The molecule has 0 saturated carbocycles. The Balaban J connectivity index is 1.01. The van der Waals surface area contributed by atoms with Gasteiger partial charge in [0.15, 0.2) is 0 Å². The Morgan fingerprint density at radius 3 is 2.35 bits per heavy atom. The van der Waals surface area contributed by atoms with Gasteiger partial charge in [-0.2, -0.15) is 13.2 Å². The van der Waals surface area contributed by atoms with Crippen LogP contribution in [0.25, 0.3) is 11.1 Å². The largest absolute Gasteiger partial charge is 0.492 e. The normalized spacial score (nSPS) is 13.7. The van der Waals surface area contributed by atoms with Gasteiger partial charge in [-0.3, -0.25) is 14.7 Å². The molecule has 0 atom stereocenters. The van der Waals surface area contributed by atoms with E-state index in [4.69, 9.17) is 4.74 Å². The van der Waals surface area contributed by atoms with Crippen LogP contribution in [0.3, 0.4) is 0 Å². The van der Waals surface area contributed by atoms with E-state index in [1.165, 1.54) is 29.5 Å². The van der Waals surface area contributed by atoms with Crippen molar-refractivity contribution in [2.45, 2.75) is 36.4 Å². The fourth-order valence-corrected chi connectivity index (χ4v) is 8.19. The Bertz CT molecular complexity index is 2200. The molecule has 0 aliphatic carbocycles. The van der Waals surface area contributed by atoms with Crippen LogP contribution in [0.15, 0.2) is 119 Å². The van der Waals surface area contributed by atoms with Gasteiger partial charge in [-0.1, -0.05) is 36.4 Å². The number of halogens is 3. The Kier molecular flexibility index (Phi) is 12.7. The number of hydrogen-bond donors (Lipinski definition) is 2. The maximum absolute atomic E-state index is 14.0. The number of thioether (sulfide) groups is 1. The van der Waals surface area contributed by atoms with Gasteiger partial charge in [-0.05, 0) is 91.2 Å². The zero-order chi connectivity index (χ0) is 39.0. The SMILES string of the molecule is CCOc1cncc(-c2ccc(CN3CCN(c4ccc(C(=O)NS(=O)(=O)c5ccc(NCCSc6ccccc6)c(C(F)(F)F)c5)cc4)CC3)cc2C)c1. The molecule has 0 spiro atoms. The van der Waals surface area contributed by atoms with Gasteiger partial charge in [0.05, 0.1) is 23.3 Å². The number of pyridine rings is 1. The summed E-state index contributed by atoms with van der Waals surface area (Å²) in [5, 5.41) is 2.76. The van der Waals surface area contributed by atoms with E-state index in [9.17, 15) is 26.4 Å². The number of nitrogens with zero attached hydrogens (tertiary/aromatic N) is 3. The van der Waals surface area contributed by atoms with Crippen LogP contribution >= 0.6 is 11.8 Å². The number of benzene rings is 4. The zero-order valence-electron chi connectivity index (χ0n) is 30.5. The quantitative estimate of drug-likeness (QED) is 0.0853. The highest BCUT2D eigenvalue weighted by molar-refractivity contribution is 7.99. The minimum Gasteiger partial charge on any atom is -0.492 e. The molecule has 2 N–H and O–H groups in total. The molecule has 5 aromatic rings. The lowest BCUT2D eigenvalue weighted by Gasteiger charge is -2.36. The Hall–Kier alpha value is -5.05. The number of amides is 1. The topological polar surface area (TPSA) is 104 Å². The standard InChI is InChI=1S/C41H42F3N5O4S2/c1-3-53-34-24-32(26-45-27-34)37-15-9-30(23-29(37)2)28-48-18-20-49(21-19-48)33-12-10-31(11-13-33)40(50)47-55(51,52)36-14-16-39(38(25-36)41(42,43)44)46-17-22-54-35-7-5-4-6-8-35/h4-16,23-27,46H,3,17-22,28H2,1-2H3,(H,47,50). The molecule has 1 aliphatic rings. The van der Waals surface area contributed by atoms with Gasteiger partial charge in [0.2, 0.25) is 0 Å². The van der Waals surface area contributed by atoms with Crippen molar-refractivity contribution in [3.05, 3.63) is 132 Å². The molecule has 0 bridgehead atoms. The van der Waals surface area contributed by atoms with Crippen LogP contribution in [-0.4, -0.2) is 69.3 Å². The second-order valence-corrected chi connectivity index (χ2v) is 15.9. The van der Waals surface area contributed by atoms with Crippen molar-refractivity contribution in [1.82, 2.24) is 14.6 Å². The highest BCUT2D eigenvalue weighted by Crippen LogP contribution is 2.36. The van der Waals surface area contributed by atoms with Crippen molar-refractivity contribution < 1.29 is 31.1 Å². The number of carbonyl (C=O) groups is 1. The van der Waals surface area contributed by atoms with E-state index in [2.05, 4.69) is 45.2 Å². The number of aryl methyl sites for hydroxylation is 1. The first-order chi connectivity index (χ1) is 26.4. The number of rotatable bonds is 14. The second-order valence-electron chi connectivity index (χ2n) is 13.0. The van der Waals surface area contributed by atoms with Gasteiger partial charge in [0.25, 0.3) is 15.9 Å². The van der Waals surface area contributed by atoms with Crippen LogP contribution in [0, 0.1) is 6.92 Å². The average molecular weight is 790 g/mol. The van der Waals surface area contributed by atoms with Gasteiger partial charge < -0.3 is 15.0 Å². The van der Waals surface area contributed by atoms with Crippen molar-refractivity contribution in [1.29, 1.82) is 0 Å². The summed E-state index contributed by atoms with van der Waals surface area (Å²) in [6, 6.07) is 27.1. The summed E-state index contributed by atoms with van der Waals surface area (Å²) < 4.78 is 75.7. The second kappa shape index (κ2) is 17.6. The first kappa shape index (κ1) is 39.6. The molecule has 2 heterocycles. The van der Waals surface area contributed by atoms with E-state index in [1.807, 2.05) is 54.2 Å². The molecule has 1 aromatic heterocycles. The predicted octanol–water partition coefficient (Wildman–Crippen LogP) is 8.12. The predicted molar refractivity (Wildman–Crippen MR) is 211 cm³/mol. The molecule has 55 heavy (non-hydrogen) atoms. The summed E-state index contributed by atoms with van der Waals surface area (Å²) in [5.41, 5.74) is 4.05. The molecule has 6 rings (SSSR count). The first-order valence-electron chi connectivity index (χ1n) is 17.8. The Morgan fingerprint density at radius 1 is 0.909 bits per heavy atom. The molecular formula is C41H42F3N5O4S2. The van der Waals surface area contributed by atoms with E-state index in [1.54, 1.807) is 18.3 Å². The molecule has 1 saturated heterocycles. The molecule has 1 aliphatic heterocycles. The van der Waals surface area contributed by atoms with Gasteiger partial charge >= 0.3 is 6.18 Å². The number of anilines is 2. The number of alkyl halides is 3. The summed E-state index contributed by atoms with van der Waals surface area (Å²) in [5.74, 6) is 0.297. The minimum absolute atomic E-state index is 0.0652. The maximum atomic E-state index is 14.0. The van der Waals surface area contributed by atoms with Crippen molar-refractivity contribution in [2.24, 2.45) is 0 Å². The number of ether oxygens (including phenoxy) is 1. The number of aromatic nitrogens is 1. The number of nitrogens with one attached hydrogen (secondary N) is 2. The van der Waals surface area contributed by atoms with Crippen LogP contribution in [0.2, 0.25) is 0 Å². The van der Waals surface area contributed by atoms with E-state index in [0.29, 0.717) is 18.4 Å².